The molecule has 17 heavy (non-hydrogen) atoms. The number of carboxylic acid groups (broad SMARTS) is 1. The number of carbonyl (C=O) groups is 1. The summed E-state index contributed by atoms with van der Waals surface area (Å²) in [4.78, 5) is 10.6. The molecule has 0 aliphatic carbocycles. The molecular formula is C11H14Cl2N2O2. The molecule has 94 valence electrons. The van der Waals surface area contributed by atoms with Gasteiger partial charge in [-0.05, 0) is 24.6 Å². The third-order valence-corrected chi connectivity index (χ3v) is 2.95. The Bertz CT molecular complexity index is 412. The highest BCUT2D eigenvalue weighted by molar-refractivity contribution is 6.35. The Morgan fingerprint density at radius 3 is 2.71 bits per heavy atom. The van der Waals surface area contributed by atoms with Gasteiger partial charge in [-0.1, -0.05) is 29.3 Å². The van der Waals surface area contributed by atoms with Gasteiger partial charge in [0, 0.05) is 22.6 Å². The number of halogens is 2. The zero-order valence-electron chi connectivity index (χ0n) is 9.28. The molecule has 4 nitrogen and oxygen atoms in total. The summed E-state index contributed by atoms with van der Waals surface area (Å²) in [5, 5.41) is 12.8. The minimum absolute atomic E-state index is 0.0924. The van der Waals surface area contributed by atoms with Gasteiger partial charge >= 0.3 is 5.97 Å². The van der Waals surface area contributed by atoms with E-state index in [9.17, 15) is 4.79 Å². The minimum Gasteiger partial charge on any atom is -0.480 e. The van der Waals surface area contributed by atoms with Gasteiger partial charge in [-0.25, -0.2) is 0 Å². The van der Waals surface area contributed by atoms with Gasteiger partial charge in [0.15, 0.2) is 0 Å². The molecule has 0 heterocycles. The van der Waals surface area contributed by atoms with Crippen LogP contribution in [-0.2, 0) is 4.79 Å². The van der Waals surface area contributed by atoms with Crippen LogP contribution in [0.15, 0.2) is 18.2 Å². The number of aliphatic carboxylic acids is 1. The second kappa shape index (κ2) is 6.21. The standard InChI is InChI=1S/C11H14Cl2N2O2/c1-6(15-5-10(14)11(16)17)8-3-2-7(12)4-9(8)13/h2-4,6,10,15H,5,14H2,1H3,(H,16,17). The summed E-state index contributed by atoms with van der Waals surface area (Å²) in [6.45, 7) is 2.05. The van der Waals surface area contributed by atoms with Crippen LogP contribution in [0.1, 0.15) is 18.5 Å². The molecule has 1 aromatic carbocycles. The van der Waals surface area contributed by atoms with Gasteiger partial charge in [0.1, 0.15) is 6.04 Å². The lowest BCUT2D eigenvalue weighted by atomic mass is 10.1. The summed E-state index contributed by atoms with van der Waals surface area (Å²) >= 11 is 11.8. The molecule has 0 aromatic heterocycles. The Labute approximate surface area is 110 Å². The Morgan fingerprint density at radius 2 is 2.18 bits per heavy atom. The number of nitrogens with one attached hydrogen (secondary N) is 1. The number of hydrogen-bond donors (Lipinski definition) is 3. The van der Waals surface area contributed by atoms with Crippen LogP contribution < -0.4 is 11.1 Å². The van der Waals surface area contributed by atoms with Crippen molar-refractivity contribution in [2.75, 3.05) is 6.54 Å². The normalized spacial score (nSPS) is 14.4. The zero-order chi connectivity index (χ0) is 13.0. The highest BCUT2D eigenvalue weighted by Gasteiger charge is 2.14. The number of nitrogens with two attached hydrogens (primary N) is 1. The first-order valence-corrected chi connectivity index (χ1v) is 5.84. The SMILES string of the molecule is CC(NCC(N)C(=O)O)c1ccc(Cl)cc1Cl. The third-order valence-electron chi connectivity index (χ3n) is 2.39. The molecule has 0 aliphatic heterocycles. The van der Waals surface area contributed by atoms with Crippen molar-refractivity contribution in [3.8, 4) is 0 Å². The largest absolute Gasteiger partial charge is 0.480 e. The number of rotatable bonds is 5. The molecule has 0 amide bonds. The molecular weight excluding hydrogens is 263 g/mol. The van der Waals surface area contributed by atoms with E-state index in [1.807, 2.05) is 6.92 Å². The van der Waals surface area contributed by atoms with Crippen LogP contribution in [0, 0.1) is 0 Å². The average Bonchev–Trinajstić information content (AvgIpc) is 2.25. The predicted octanol–water partition coefficient (Wildman–Crippen LogP) is 2.06. The van der Waals surface area contributed by atoms with E-state index in [0.717, 1.165) is 5.56 Å². The Balaban J connectivity index is 2.64. The molecule has 0 spiro atoms. The van der Waals surface area contributed by atoms with Crippen LogP contribution in [0.2, 0.25) is 10.0 Å². The average molecular weight is 277 g/mol. The zero-order valence-corrected chi connectivity index (χ0v) is 10.8. The number of carboxylic acids is 1. The van der Waals surface area contributed by atoms with E-state index in [0.29, 0.717) is 10.0 Å². The van der Waals surface area contributed by atoms with Crippen molar-refractivity contribution in [3.05, 3.63) is 33.8 Å². The smallest absolute Gasteiger partial charge is 0.321 e. The highest BCUT2D eigenvalue weighted by atomic mass is 35.5. The van der Waals surface area contributed by atoms with Gasteiger partial charge in [-0.3, -0.25) is 4.79 Å². The van der Waals surface area contributed by atoms with Crippen LogP contribution in [0.4, 0.5) is 0 Å². The van der Waals surface area contributed by atoms with Gasteiger partial charge in [0.25, 0.3) is 0 Å². The number of hydrogen-bond acceptors (Lipinski definition) is 3. The maximum atomic E-state index is 10.6. The van der Waals surface area contributed by atoms with Crippen molar-refractivity contribution in [1.82, 2.24) is 5.32 Å². The third kappa shape index (κ3) is 4.16. The van der Waals surface area contributed by atoms with Crippen molar-refractivity contribution in [2.45, 2.75) is 19.0 Å². The molecule has 1 rings (SSSR count). The van der Waals surface area contributed by atoms with E-state index in [2.05, 4.69) is 5.32 Å². The van der Waals surface area contributed by atoms with Crippen LogP contribution in [0.3, 0.4) is 0 Å². The fourth-order valence-corrected chi connectivity index (χ4v) is 1.93. The molecule has 0 saturated carbocycles. The minimum atomic E-state index is -1.04. The van der Waals surface area contributed by atoms with Crippen molar-refractivity contribution >= 4 is 29.2 Å². The monoisotopic (exact) mass is 276 g/mol. The topological polar surface area (TPSA) is 75.3 Å². The van der Waals surface area contributed by atoms with Crippen LogP contribution in [-0.4, -0.2) is 23.7 Å². The van der Waals surface area contributed by atoms with E-state index >= 15 is 0 Å². The Morgan fingerprint density at radius 1 is 1.53 bits per heavy atom. The molecule has 0 fully saturated rings. The fraction of sp³-hybridized carbons (Fsp3) is 0.364. The molecule has 4 N–H and O–H groups in total. The maximum Gasteiger partial charge on any atom is 0.321 e. The molecule has 0 bridgehead atoms. The molecule has 6 heteroatoms. The molecule has 2 atom stereocenters. The fourth-order valence-electron chi connectivity index (χ4n) is 1.35. The second-order valence-corrected chi connectivity index (χ2v) is 4.58. The first kappa shape index (κ1) is 14.3. The van der Waals surface area contributed by atoms with E-state index in [-0.39, 0.29) is 12.6 Å². The van der Waals surface area contributed by atoms with Crippen molar-refractivity contribution in [1.29, 1.82) is 0 Å². The number of benzene rings is 1. The summed E-state index contributed by atoms with van der Waals surface area (Å²) in [5.41, 5.74) is 6.24. The Hall–Kier alpha value is -0.810. The van der Waals surface area contributed by atoms with Crippen LogP contribution in [0.25, 0.3) is 0 Å². The van der Waals surface area contributed by atoms with Crippen molar-refractivity contribution < 1.29 is 9.90 Å². The van der Waals surface area contributed by atoms with Crippen LogP contribution >= 0.6 is 23.2 Å². The molecule has 2 unspecified atom stereocenters. The van der Waals surface area contributed by atoms with Gasteiger partial charge in [-0.2, -0.15) is 0 Å². The first-order valence-electron chi connectivity index (χ1n) is 5.08. The second-order valence-electron chi connectivity index (χ2n) is 3.74. The molecule has 0 radical (unpaired) electrons. The Kier molecular flexibility index (Phi) is 5.21. The van der Waals surface area contributed by atoms with E-state index < -0.39 is 12.0 Å². The lowest BCUT2D eigenvalue weighted by Crippen LogP contribution is -2.41. The van der Waals surface area contributed by atoms with Gasteiger partial charge in [0.05, 0.1) is 0 Å². The molecule has 1 aromatic rings. The van der Waals surface area contributed by atoms with Gasteiger partial charge in [-0.15, -0.1) is 0 Å². The first-order chi connectivity index (χ1) is 7.91. The molecule has 0 saturated heterocycles. The highest BCUT2D eigenvalue weighted by Crippen LogP contribution is 2.25. The van der Waals surface area contributed by atoms with E-state index in [1.165, 1.54) is 0 Å². The lowest BCUT2D eigenvalue weighted by Gasteiger charge is -2.17. The predicted molar refractivity (Wildman–Crippen MR) is 68.5 cm³/mol. The summed E-state index contributed by atoms with van der Waals surface area (Å²) in [6.07, 6.45) is 0. The van der Waals surface area contributed by atoms with Crippen molar-refractivity contribution in [3.63, 3.8) is 0 Å². The summed E-state index contributed by atoms with van der Waals surface area (Å²) in [6, 6.07) is 4.16. The maximum absolute atomic E-state index is 10.6. The van der Waals surface area contributed by atoms with Crippen molar-refractivity contribution in [2.24, 2.45) is 5.73 Å². The molecule has 0 aliphatic rings. The van der Waals surface area contributed by atoms with Gasteiger partial charge in [0.2, 0.25) is 0 Å². The van der Waals surface area contributed by atoms with Crippen LogP contribution in [0.5, 0.6) is 0 Å². The lowest BCUT2D eigenvalue weighted by molar-refractivity contribution is -0.138. The summed E-state index contributed by atoms with van der Waals surface area (Å²) in [7, 11) is 0. The van der Waals surface area contributed by atoms with Gasteiger partial charge < -0.3 is 16.2 Å². The summed E-state index contributed by atoms with van der Waals surface area (Å²) < 4.78 is 0. The van der Waals surface area contributed by atoms with E-state index in [1.54, 1.807) is 18.2 Å². The van der Waals surface area contributed by atoms with E-state index in [4.69, 9.17) is 34.0 Å². The summed E-state index contributed by atoms with van der Waals surface area (Å²) in [5.74, 6) is -1.04. The quantitative estimate of drug-likeness (QED) is 0.770.